The van der Waals surface area contributed by atoms with E-state index in [1.807, 2.05) is 23.1 Å². The number of piperazine rings is 1. The van der Waals surface area contributed by atoms with E-state index >= 15 is 0 Å². The lowest BCUT2D eigenvalue weighted by Crippen LogP contribution is -2.49. The fraction of sp³-hybridized carbons (Fsp3) is 0.278. The molecular weight excluding hydrogens is 387 g/mol. The summed E-state index contributed by atoms with van der Waals surface area (Å²) in [5.41, 5.74) is 3.24. The number of aryl methyl sites for hydroxylation is 1. The monoisotopic (exact) mass is 406 g/mol. The van der Waals surface area contributed by atoms with Gasteiger partial charge in [-0.1, -0.05) is 29.8 Å². The maximum atomic E-state index is 12.7. The summed E-state index contributed by atoms with van der Waals surface area (Å²) >= 11 is 2.25. The third-order valence-electron chi connectivity index (χ3n) is 4.04. The van der Waals surface area contributed by atoms with E-state index in [4.69, 9.17) is 0 Å². The molecule has 0 saturated carbocycles. The fourth-order valence-electron chi connectivity index (χ4n) is 2.77. The van der Waals surface area contributed by atoms with Crippen LogP contribution in [0.4, 0.5) is 5.69 Å². The highest BCUT2D eigenvalue weighted by molar-refractivity contribution is 14.1. The maximum absolute atomic E-state index is 12.7. The van der Waals surface area contributed by atoms with Crippen LogP contribution in [0.5, 0.6) is 0 Å². The Hall–Kier alpha value is -1.56. The molecule has 0 N–H and O–H groups in total. The van der Waals surface area contributed by atoms with Gasteiger partial charge in [0.2, 0.25) is 0 Å². The number of benzene rings is 2. The van der Waals surface area contributed by atoms with Crippen molar-refractivity contribution in [2.75, 3.05) is 31.1 Å². The molecule has 4 heteroatoms. The lowest BCUT2D eigenvalue weighted by Gasteiger charge is -2.36. The molecule has 0 spiro atoms. The van der Waals surface area contributed by atoms with Crippen molar-refractivity contribution in [1.82, 2.24) is 4.90 Å². The second-order valence-electron chi connectivity index (χ2n) is 5.60. The molecule has 0 bridgehead atoms. The molecule has 1 heterocycles. The molecule has 0 aliphatic carbocycles. The van der Waals surface area contributed by atoms with Crippen molar-refractivity contribution in [2.45, 2.75) is 6.92 Å². The van der Waals surface area contributed by atoms with Gasteiger partial charge in [-0.05, 0) is 53.8 Å². The van der Waals surface area contributed by atoms with E-state index in [0.717, 1.165) is 35.3 Å². The second kappa shape index (κ2) is 6.69. The predicted molar refractivity (Wildman–Crippen MR) is 98.5 cm³/mol. The van der Waals surface area contributed by atoms with Crippen LogP contribution >= 0.6 is 22.6 Å². The largest absolute Gasteiger partial charge is 0.368 e. The van der Waals surface area contributed by atoms with Gasteiger partial charge in [0.15, 0.2) is 0 Å². The standard InChI is InChI=1S/C18H19IN2O/c1-14-7-8-16(17(19)13-14)18(22)21-11-9-20(10-12-21)15-5-3-2-4-6-15/h2-8,13H,9-12H2,1H3. The zero-order valence-corrected chi connectivity index (χ0v) is 14.8. The average molecular weight is 406 g/mol. The molecule has 2 aromatic carbocycles. The van der Waals surface area contributed by atoms with Crippen LogP contribution in [-0.2, 0) is 0 Å². The Bertz CT molecular complexity index is 664. The van der Waals surface area contributed by atoms with Crippen molar-refractivity contribution in [3.63, 3.8) is 0 Å². The molecule has 1 fully saturated rings. The molecule has 2 aromatic rings. The van der Waals surface area contributed by atoms with Crippen LogP contribution < -0.4 is 4.90 Å². The Morgan fingerprint density at radius 1 is 1.00 bits per heavy atom. The number of rotatable bonds is 2. The molecular formula is C18H19IN2O. The van der Waals surface area contributed by atoms with Gasteiger partial charge in [-0.2, -0.15) is 0 Å². The summed E-state index contributed by atoms with van der Waals surface area (Å²) in [6.07, 6.45) is 0. The van der Waals surface area contributed by atoms with E-state index in [1.54, 1.807) is 0 Å². The Morgan fingerprint density at radius 3 is 2.32 bits per heavy atom. The first-order valence-corrected chi connectivity index (χ1v) is 8.58. The lowest BCUT2D eigenvalue weighted by molar-refractivity contribution is 0.0745. The number of carbonyl (C=O) groups is 1. The first-order valence-electron chi connectivity index (χ1n) is 7.50. The maximum Gasteiger partial charge on any atom is 0.255 e. The summed E-state index contributed by atoms with van der Waals surface area (Å²) in [7, 11) is 0. The minimum atomic E-state index is 0.150. The van der Waals surface area contributed by atoms with Crippen LogP contribution in [0.15, 0.2) is 48.5 Å². The highest BCUT2D eigenvalue weighted by atomic mass is 127. The Kier molecular flexibility index (Phi) is 4.66. The number of para-hydroxylation sites is 1. The number of hydrogen-bond acceptors (Lipinski definition) is 2. The molecule has 22 heavy (non-hydrogen) atoms. The van der Waals surface area contributed by atoms with Crippen molar-refractivity contribution in [2.24, 2.45) is 0 Å². The smallest absolute Gasteiger partial charge is 0.255 e. The van der Waals surface area contributed by atoms with E-state index < -0.39 is 0 Å². The van der Waals surface area contributed by atoms with Crippen LogP contribution in [-0.4, -0.2) is 37.0 Å². The van der Waals surface area contributed by atoms with Gasteiger partial charge in [0, 0.05) is 35.4 Å². The van der Waals surface area contributed by atoms with Gasteiger partial charge in [0.1, 0.15) is 0 Å². The number of carbonyl (C=O) groups excluding carboxylic acids is 1. The normalized spacial score (nSPS) is 15.0. The summed E-state index contributed by atoms with van der Waals surface area (Å²) in [5, 5.41) is 0. The predicted octanol–water partition coefficient (Wildman–Crippen LogP) is 3.56. The van der Waals surface area contributed by atoms with Crippen molar-refractivity contribution in [1.29, 1.82) is 0 Å². The van der Waals surface area contributed by atoms with Crippen LogP contribution in [0.1, 0.15) is 15.9 Å². The first kappa shape index (κ1) is 15.3. The van der Waals surface area contributed by atoms with Gasteiger partial charge in [0.25, 0.3) is 5.91 Å². The van der Waals surface area contributed by atoms with Gasteiger partial charge < -0.3 is 9.80 Å². The van der Waals surface area contributed by atoms with Crippen LogP contribution in [0.2, 0.25) is 0 Å². The Labute approximate surface area is 145 Å². The molecule has 0 unspecified atom stereocenters. The van der Waals surface area contributed by atoms with Crippen molar-refractivity contribution < 1.29 is 4.79 Å². The molecule has 0 radical (unpaired) electrons. The highest BCUT2D eigenvalue weighted by Gasteiger charge is 2.23. The molecule has 1 saturated heterocycles. The average Bonchev–Trinajstić information content (AvgIpc) is 2.55. The number of nitrogens with zero attached hydrogens (tertiary/aromatic N) is 2. The topological polar surface area (TPSA) is 23.6 Å². The summed E-state index contributed by atoms with van der Waals surface area (Å²) in [6.45, 7) is 5.38. The fourth-order valence-corrected chi connectivity index (χ4v) is 3.67. The number of amides is 1. The first-order chi connectivity index (χ1) is 10.6. The van der Waals surface area contributed by atoms with E-state index in [0.29, 0.717) is 0 Å². The summed E-state index contributed by atoms with van der Waals surface area (Å²) < 4.78 is 1.04. The van der Waals surface area contributed by atoms with Crippen LogP contribution in [0, 0.1) is 10.5 Å². The van der Waals surface area contributed by atoms with Gasteiger partial charge in [-0.3, -0.25) is 4.79 Å². The lowest BCUT2D eigenvalue weighted by atomic mass is 10.1. The van der Waals surface area contributed by atoms with Crippen molar-refractivity contribution >= 4 is 34.2 Å². The summed E-state index contributed by atoms with van der Waals surface area (Å²) in [4.78, 5) is 17.0. The van der Waals surface area contributed by atoms with E-state index in [1.165, 1.54) is 11.3 Å². The Morgan fingerprint density at radius 2 is 1.68 bits per heavy atom. The molecule has 0 aromatic heterocycles. The summed E-state index contributed by atoms with van der Waals surface area (Å²) in [6, 6.07) is 16.4. The van der Waals surface area contributed by atoms with Crippen LogP contribution in [0.3, 0.4) is 0 Å². The number of hydrogen-bond donors (Lipinski definition) is 0. The van der Waals surface area contributed by atoms with E-state index in [9.17, 15) is 4.79 Å². The van der Waals surface area contributed by atoms with Gasteiger partial charge >= 0.3 is 0 Å². The minimum absolute atomic E-state index is 0.150. The molecule has 1 amide bonds. The minimum Gasteiger partial charge on any atom is -0.368 e. The van der Waals surface area contributed by atoms with Gasteiger partial charge in [-0.15, -0.1) is 0 Å². The zero-order valence-electron chi connectivity index (χ0n) is 12.6. The zero-order chi connectivity index (χ0) is 15.5. The van der Waals surface area contributed by atoms with Crippen LogP contribution in [0.25, 0.3) is 0 Å². The molecule has 114 valence electrons. The van der Waals surface area contributed by atoms with Crippen molar-refractivity contribution in [3.8, 4) is 0 Å². The number of anilines is 1. The summed E-state index contributed by atoms with van der Waals surface area (Å²) in [5.74, 6) is 0.150. The molecule has 1 aliphatic heterocycles. The Balaban J connectivity index is 1.67. The number of halogens is 1. The molecule has 0 atom stereocenters. The third kappa shape index (κ3) is 3.27. The molecule has 3 nitrogen and oxygen atoms in total. The molecule has 1 aliphatic rings. The van der Waals surface area contributed by atoms with Gasteiger partial charge in [-0.25, -0.2) is 0 Å². The molecule has 3 rings (SSSR count). The van der Waals surface area contributed by atoms with E-state index in [2.05, 4.69) is 64.7 Å². The highest BCUT2D eigenvalue weighted by Crippen LogP contribution is 2.19. The van der Waals surface area contributed by atoms with Gasteiger partial charge in [0.05, 0.1) is 5.56 Å². The van der Waals surface area contributed by atoms with Crippen molar-refractivity contribution in [3.05, 3.63) is 63.2 Å². The quantitative estimate of drug-likeness (QED) is 0.713. The van der Waals surface area contributed by atoms with E-state index in [-0.39, 0.29) is 5.91 Å². The third-order valence-corrected chi connectivity index (χ3v) is 4.94. The second-order valence-corrected chi connectivity index (χ2v) is 6.76. The SMILES string of the molecule is Cc1ccc(C(=O)N2CCN(c3ccccc3)CC2)c(I)c1.